The number of ether oxygens (including phenoxy) is 3. The third-order valence-corrected chi connectivity index (χ3v) is 4.55. The smallest absolute Gasteiger partial charge is 0.161 e. The summed E-state index contributed by atoms with van der Waals surface area (Å²) in [6.45, 7) is 3.21. The average Bonchev–Trinajstić information content (AvgIpc) is 3.13. The molecule has 0 saturated carbocycles. The zero-order valence-corrected chi connectivity index (χ0v) is 14.8. The lowest BCUT2D eigenvalue weighted by Gasteiger charge is -2.28. The van der Waals surface area contributed by atoms with Crippen molar-refractivity contribution in [3.05, 3.63) is 47.4 Å². The maximum Gasteiger partial charge on any atom is 0.161 e. The number of hydrogen-bond donors (Lipinski definition) is 2. The molecule has 0 aliphatic carbocycles. The molecular weight excluding hydrogens is 322 g/mol. The number of rotatable bonds is 8. The highest BCUT2D eigenvalue weighted by atomic mass is 16.5. The molecule has 2 aromatic rings. The molecule has 136 valence electrons. The van der Waals surface area contributed by atoms with Crippen LogP contribution in [-0.2, 0) is 24.3 Å². The van der Waals surface area contributed by atoms with Gasteiger partial charge in [0.2, 0.25) is 0 Å². The topological polar surface area (TPSA) is 65.5 Å². The Labute approximate surface area is 147 Å². The van der Waals surface area contributed by atoms with E-state index in [4.69, 9.17) is 18.6 Å². The van der Waals surface area contributed by atoms with Crippen LogP contribution in [0.25, 0.3) is 0 Å². The van der Waals surface area contributed by atoms with Gasteiger partial charge in [-0.2, -0.15) is 0 Å². The van der Waals surface area contributed by atoms with Gasteiger partial charge >= 0.3 is 0 Å². The number of furan rings is 1. The number of quaternary nitrogens is 1. The molecule has 0 saturated heterocycles. The number of methoxy groups -OCH3 is 2. The van der Waals surface area contributed by atoms with Gasteiger partial charge in [-0.3, -0.25) is 0 Å². The highest BCUT2D eigenvalue weighted by molar-refractivity contribution is 5.47. The molecule has 2 atom stereocenters. The van der Waals surface area contributed by atoms with Gasteiger partial charge in [0.15, 0.2) is 11.5 Å². The van der Waals surface area contributed by atoms with Gasteiger partial charge in [-0.05, 0) is 29.8 Å². The largest absolute Gasteiger partial charge is 0.493 e. The van der Waals surface area contributed by atoms with Crippen LogP contribution in [-0.4, -0.2) is 45.1 Å². The summed E-state index contributed by atoms with van der Waals surface area (Å²) in [4.78, 5) is 1.34. The Bertz CT molecular complexity index is 671. The zero-order valence-electron chi connectivity index (χ0n) is 14.8. The lowest BCUT2D eigenvalue weighted by Crippen LogP contribution is -3.12. The number of benzene rings is 1. The Balaban J connectivity index is 1.51. The third-order valence-electron chi connectivity index (χ3n) is 4.55. The lowest BCUT2D eigenvalue weighted by atomic mass is 9.98. The van der Waals surface area contributed by atoms with Crippen LogP contribution in [0.15, 0.2) is 34.9 Å². The van der Waals surface area contributed by atoms with Crippen LogP contribution in [0.1, 0.15) is 16.9 Å². The Kier molecular flexibility index (Phi) is 5.96. The molecule has 0 radical (unpaired) electrons. The van der Waals surface area contributed by atoms with Crippen molar-refractivity contribution in [2.45, 2.75) is 25.7 Å². The molecule has 1 aromatic heterocycles. The Morgan fingerprint density at radius 1 is 1.20 bits per heavy atom. The summed E-state index contributed by atoms with van der Waals surface area (Å²) in [7, 11) is 3.31. The molecule has 1 aromatic carbocycles. The van der Waals surface area contributed by atoms with Crippen molar-refractivity contribution >= 4 is 0 Å². The predicted octanol–water partition coefficient (Wildman–Crippen LogP) is 0.815. The van der Waals surface area contributed by atoms with Crippen molar-refractivity contribution in [2.75, 3.05) is 33.9 Å². The van der Waals surface area contributed by atoms with Crippen LogP contribution in [0.2, 0.25) is 0 Å². The minimum Gasteiger partial charge on any atom is -0.493 e. The molecule has 0 bridgehead atoms. The summed E-state index contributed by atoms with van der Waals surface area (Å²) in [6, 6.07) is 7.80. The van der Waals surface area contributed by atoms with Crippen molar-refractivity contribution in [2.24, 2.45) is 0 Å². The highest BCUT2D eigenvalue weighted by Crippen LogP contribution is 2.31. The van der Waals surface area contributed by atoms with Gasteiger partial charge in [0, 0.05) is 12.0 Å². The third kappa shape index (κ3) is 4.54. The van der Waals surface area contributed by atoms with Crippen LogP contribution in [0.4, 0.5) is 0 Å². The second-order valence-corrected chi connectivity index (χ2v) is 6.36. The molecule has 1 aliphatic rings. The molecule has 25 heavy (non-hydrogen) atoms. The van der Waals surface area contributed by atoms with Gasteiger partial charge in [0.05, 0.1) is 33.6 Å². The van der Waals surface area contributed by atoms with Crippen molar-refractivity contribution in [3.8, 4) is 11.5 Å². The molecule has 1 unspecified atom stereocenters. The molecular formula is C19H26NO5+. The minimum atomic E-state index is -0.494. The van der Waals surface area contributed by atoms with Gasteiger partial charge in [-0.25, -0.2) is 0 Å². The van der Waals surface area contributed by atoms with Crippen molar-refractivity contribution < 1.29 is 28.6 Å². The van der Waals surface area contributed by atoms with Crippen molar-refractivity contribution in [1.29, 1.82) is 0 Å². The van der Waals surface area contributed by atoms with Crippen molar-refractivity contribution in [1.82, 2.24) is 0 Å². The Morgan fingerprint density at radius 2 is 1.96 bits per heavy atom. The fourth-order valence-electron chi connectivity index (χ4n) is 3.29. The summed E-state index contributed by atoms with van der Waals surface area (Å²) >= 11 is 0. The van der Waals surface area contributed by atoms with E-state index in [1.165, 1.54) is 16.0 Å². The summed E-state index contributed by atoms with van der Waals surface area (Å²) in [5.41, 5.74) is 2.55. The molecule has 3 rings (SSSR count). The fraction of sp³-hybridized carbons (Fsp3) is 0.474. The van der Waals surface area contributed by atoms with E-state index in [9.17, 15) is 5.11 Å². The normalized spacial score (nSPS) is 17.8. The van der Waals surface area contributed by atoms with E-state index in [0.29, 0.717) is 19.8 Å². The molecule has 0 spiro atoms. The fourth-order valence-corrected chi connectivity index (χ4v) is 3.29. The van der Waals surface area contributed by atoms with E-state index in [0.717, 1.165) is 36.8 Å². The first-order chi connectivity index (χ1) is 12.2. The molecule has 0 amide bonds. The first-order valence-electron chi connectivity index (χ1n) is 8.55. The maximum atomic E-state index is 10.2. The monoisotopic (exact) mass is 348 g/mol. The molecule has 1 aliphatic heterocycles. The lowest BCUT2D eigenvalue weighted by molar-refractivity contribution is -0.919. The summed E-state index contributed by atoms with van der Waals surface area (Å²) in [6.07, 6.45) is 2.09. The molecule has 2 heterocycles. The number of nitrogens with one attached hydrogen (secondary N) is 1. The quantitative estimate of drug-likeness (QED) is 0.739. The number of hydrogen-bond acceptors (Lipinski definition) is 5. The van der Waals surface area contributed by atoms with E-state index in [-0.39, 0.29) is 0 Å². The van der Waals surface area contributed by atoms with Gasteiger partial charge in [-0.1, -0.05) is 0 Å². The van der Waals surface area contributed by atoms with Crippen LogP contribution in [0.5, 0.6) is 11.5 Å². The van der Waals surface area contributed by atoms with E-state index in [1.54, 1.807) is 20.5 Å². The molecule has 6 heteroatoms. The Hall–Kier alpha value is -2.02. The molecule has 6 nitrogen and oxygen atoms in total. The highest BCUT2D eigenvalue weighted by Gasteiger charge is 2.24. The second-order valence-electron chi connectivity index (χ2n) is 6.36. The standard InChI is InChI=1S/C19H25NO5/c1-22-18-8-14-5-6-20(10-15(14)9-19(18)23-2)11-16(21)12-24-13-17-4-3-7-25-17/h3-4,7-9,16,21H,5-6,10-13H2,1-2H3/p+1/t16-/m1/s1. The van der Waals surface area contributed by atoms with Gasteiger partial charge in [0.1, 0.15) is 31.6 Å². The zero-order chi connectivity index (χ0) is 17.6. The van der Waals surface area contributed by atoms with E-state index in [2.05, 4.69) is 6.07 Å². The SMILES string of the molecule is COc1cc2c(cc1OC)C[NH+](C[C@@H](O)COCc1ccco1)CC2. The van der Waals surface area contributed by atoms with Gasteiger partial charge < -0.3 is 28.6 Å². The van der Waals surface area contributed by atoms with Gasteiger partial charge in [0.25, 0.3) is 0 Å². The van der Waals surface area contributed by atoms with E-state index < -0.39 is 6.10 Å². The summed E-state index contributed by atoms with van der Waals surface area (Å²) in [5, 5.41) is 10.2. The number of fused-ring (bicyclic) bond motifs is 1. The number of aliphatic hydroxyl groups excluding tert-OH is 1. The minimum absolute atomic E-state index is 0.309. The van der Waals surface area contributed by atoms with Crippen LogP contribution in [0, 0.1) is 0 Å². The second kappa shape index (κ2) is 8.38. The predicted molar refractivity (Wildman–Crippen MR) is 92.0 cm³/mol. The van der Waals surface area contributed by atoms with Crippen molar-refractivity contribution in [3.63, 3.8) is 0 Å². The van der Waals surface area contributed by atoms with Crippen LogP contribution in [0.3, 0.4) is 0 Å². The summed E-state index contributed by atoms with van der Waals surface area (Å²) in [5.74, 6) is 2.30. The Morgan fingerprint density at radius 3 is 2.64 bits per heavy atom. The maximum absolute atomic E-state index is 10.2. The van der Waals surface area contributed by atoms with E-state index >= 15 is 0 Å². The molecule has 2 N–H and O–H groups in total. The van der Waals surface area contributed by atoms with Gasteiger partial charge in [-0.15, -0.1) is 0 Å². The first kappa shape index (κ1) is 17.8. The first-order valence-corrected chi connectivity index (χ1v) is 8.55. The number of aliphatic hydroxyl groups is 1. The van der Waals surface area contributed by atoms with E-state index in [1.807, 2.05) is 18.2 Å². The average molecular weight is 348 g/mol. The van der Waals surface area contributed by atoms with Crippen LogP contribution < -0.4 is 14.4 Å². The van der Waals surface area contributed by atoms with Crippen LogP contribution >= 0.6 is 0 Å². The summed E-state index contributed by atoms with van der Waals surface area (Å²) < 4.78 is 21.5. The molecule has 0 fully saturated rings.